The number of hydrogen-bond donors (Lipinski definition) is 1. The Balaban J connectivity index is 1.45. The van der Waals surface area contributed by atoms with Gasteiger partial charge in [-0.15, -0.1) is 0 Å². The van der Waals surface area contributed by atoms with E-state index in [9.17, 15) is 14.0 Å². The van der Waals surface area contributed by atoms with Gasteiger partial charge in [-0.3, -0.25) is 14.6 Å². The van der Waals surface area contributed by atoms with Gasteiger partial charge in [0.1, 0.15) is 5.82 Å². The zero-order chi connectivity index (χ0) is 17.6. The number of aromatic amines is 1. The van der Waals surface area contributed by atoms with Crippen LogP contribution in [-0.4, -0.2) is 40.3 Å². The highest BCUT2D eigenvalue weighted by Gasteiger charge is 2.23. The minimum atomic E-state index is -0.435. The molecule has 5 nitrogen and oxygen atoms in total. The molecule has 0 saturated carbocycles. The molecule has 1 saturated heterocycles. The number of halogens is 1. The summed E-state index contributed by atoms with van der Waals surface area (Å²) < 4.78 is 13.7. The summed E-state index contributed by atoms with van der Waals surface area (Å²) in [5, 5.41) is 0. The topological polar surface area (TPSA) is 66.1 Å². The Kier molecular flexibility index (Phi) is 5.71. The highest BCUT2D eigenvalue weighted by molar-refractivity contribution is 5.96. The predicted molar refractivity (Wildman–Crippen MR) is 93.1 cm³/mol. The van der Waals surface area contributed by atoms with E-state index in [2.05, 4.69) is 14.9 Å². The number of piperidine rings is 1. The first-order chi connectivity index (χ1) is 12.1. The molecule has 0 aliphatic carbocycles. The summed E-state index contributed by atoms with van der Waals surface area (Å²) in [6, 6.07) is 6.18. The van der Waals surface area contributed by atoms with Crippen molar-refractivity contribution in [2.45, 2.75) is 25.7 Å². The number of benzene rings is 1. The van der Waals surface area contributed by atoms with E-state index in [0.29, 0.717) is 12.3 Å². The van der Waals surface area contributed by atoms with Gasteiger partial charge in [-0.25, -0.2) is 4.39 Å². The van der Waals surface area contributed by atoms with E-state index >= 15 is 0 Å². The molecule has 2 heterocycles. The third-order valence-electron chi connectivity index (χ3n) is 4.76. The van der Waals surface area contributed by atoms with Crippen LogP contribution in [0.1, 0.15) is 35.3 Å². The zero-order valence-corrected chi connectivity index (χ0v) is 14.1. The third-order valence-corrected chi connectivity index (χ3v) is 4.76. The molecule has 0 unspecified atom stereocenters. The summed E-state index contributed by atoms with van der Waals surface area (Å²) in [5.41, 5.74) is 0.859. The SMILES string of the molecule is O=C(CC1CCN(CCc2cncc(=O)[nH]2)CC1)c1ccccc1F. The molecule has 0 amide bonds. The van der Waals surface area contributed by atoms with Gasteiger partial charge in [0.25, 0.3) is 5.56 Å². The Morgan fingerprint density at radius 1 is 1.24 bits per heavy atom. The molecule has 1 aliphatic rings. The third kappa shape index (κ3) is 4.82. The first-order valence-electron chi connectivity index (χ1n) is 8.65. The van der Waals surface area contributed by atoms with E-state index in [1.807, 2.05) is 0 Å². The normalized spacial score (nSPS) is 16.0. The monoisotopic (exact) mass is 343 g/mol. The Hall–Kier alpha value is -2.34. The molecule has 1 fully saturated rings. The van der Waals surface area contributed by atoms with E-state index in [-0.39, 0.29) is 16.9 Å². The van der Waals surface area contributed by atoms with Crippen molar-refractivity contribution in [2.24, 2.45) is 5.92 Å². The van der Waals surface area contributed by atoms with Crippen molar-refractivity contribution in [3.8, 4) is 0 Å². The van der Waals surface area contributed by atoms with Gasteiger partial charge in [0.15, 0.2) is 5.78 Å². The number of rotatable bonds is 6. The lowest BCUT2D eigenvalue weighted by Crippen LogP contribution is -2.36. The van der Waals surface area contributed by atoms with Crippen LogP contribution in [0.4, 0.5) is 4.39 Å². The molecule has 0 bridgehead atoms. The number of Topliss-reactive ketones (excluding diaryl/α,β-unsaturated/α-hetero) is 1. The molecule has 3 rings (SSSR count). The summed E-state index contributed by atoms with van der Waals surface area (Å²) >= 11 is 0. The van der Waals surface area contributed by atoms with E-state index in [1.165, 1.54) is 12.3 Å². The van der Waals surface area contributed by atoms with Gasteiger partial charge >= 0.3 is 0 Å². The number of likely N-dealkylation sites (tertiary alicyclic amines) is 1. The highest BCUT2D eigenvalue weighted by Crippen LogP contribution is 2.23. The van der Waals surface area contributed by atoms with Gasteiger partial charge in [-0.2, -0.15) is 0 Å². The molecule has 0 atom stereocenters. The molecule has 1 aromatic carbocycles. The van der Waals surface area contributed by atoms with Crippen LogP contribution in [0.5, 0.6) is 0 Å². The second kappa shape index (κ2) is 8.16. The van der Waals surface area contributed by atoms with Crippen molar-refractivity contribution < 1.29 is 9.18 Å². The fraction of sp³-hybridized carbons (Fsp3) is 0.421. The second-order valence-corrected chi connectivity index (χ2v) is 6.56. The van der Waals surface area contributed by atoms with Crippen LogP contribution in [0, 0.1) is 11.7 Å². The average molecular weight is 343 g/mol. The van der Waals surface area contributed by atoms with Crippen molar-refractivity contribution in [2.75, 3.05) is 19.6 Å². The molecular formula is C19H22FN3O2. The van der Waals surface area contributed by atoms with Crippen LogP contribution in [0.25, 0.3) is 0 Å². The quantitative estimate of drug-likeness (QED) is 0.818. The number of H-pyrrole nitrogens is 1. The summed E-state index contributed by atoms with van der Waals surface area (Å²) in [6.07, 6.45) is 5.98. The lowest BCUT2D eigenvalue weighted by Gasteiger charge is -2.31. The van der Waals surface area contributed by atoms with Crippen molar-refractivity contribution in [1.82, 2.24) is 14.9 Å². The molecule has 1 aliphatic heterocycles. The lowest BCUT2D eigenvalue weighted by atomic mass is 9.89. The van der Waals surface area contributed by atoms with Gasteiger partial charge < -0.3 is 9.88 Å². The molecule has 0 radical (unpaired) electrons. The summed E-state index contributed by atoms with van der Waals surface area (Å²) in [5.74, 6) is -0.235. The van der Waals surface area contributed by atoms with Gasteiger partial charge in [0.05, 0.1) is 11.8 Å². The first-order valence-corrected chi connectivity index (χ1v) is 8.65. The van der Waals surface area contributed by atoms with Crippen LogP contribution in [0.2, 0.25) is 0 Å². The van der Waals surface area contributed by atoms with Crippen molar-refractivity contribution >= 4 is 5.78 Å². The Bertz CT molecular complexity index is 782. The largest absolute Gasteiger partial charge is 0.323 e. The van der Waals surface area contributed by atoms with Gasteiger partial charge in [0.2, 0.25) is 0 Å². The van der Waals surface area contributed by atoms with Gasteiger partial charge in [-0.1, -0.05) is 12.1 Å². The molecule has 25 heavy (non-hydrogen) atoms. The van der Waals surface area contributed by atoms with Crippen molar-refractivity contribution in [3.05, 3.63) is 64.1 Å². The fourth-order valence-electron chi connectivity index (χ4n) is 3.30. The highest BCUT2D eigenvalue weighted by atomic mass is 19.1. The number of aromatic nitrogens is 2. The minimum absolute atomic E-state index is 0.107. The second-order valence-electron chi connectivity index (χ2n) is 6.56. The first kappa shape index (κ1) is 17.5. The average Bonchev–Trinajstić information content (AvgIpc) is 2.61. The fourth-order valence-corrected chi connectivity index (χ4v) is 3.30. The summed E-state index contributed by atoms with van der Waals surface area (Å²) in [6.45, 7) is 2.69. The maximum atomic E-state index is 13.7. The lowest BCUT2D eigenvalue weighted by molar-refractivity contribution is 0.0924. The summed E-state index contributed by atoms with van der Waals surface area (Å²) in [4.78, 5) is 32.5. The van der Waals surface area contributed by atoms with Crippen LogP contribution < -0.4 is 5.56 Å². The standard InChI is InChI=1S/C19H22FN3O2/c20-17-4-2-1-3-16(17)18(24)11-14-5-8-23(9-6-14)10-7-15-12-21-13-19(25)22-15/h1-4,12-14H,5-11H2,(H,22,25). The number of nitrogens with zero attached hydrogens (tertiary/aromatic N) is 2. The Morgan fingerprint density at radius 2 is 2.00 bits per heavy atom. The predicted octanol–water partition coefficient (Wildman–Crippen LogP) is 2.44. The maximum absolute atomic E-state index is 13.7. The van der Waals surface area contributed by atoms with Crippen LogP contribution >= 0.6 is 0 Å². The number of carbonyl (C=O) groups excluding carboxylic acids is 1. The van der Waals surface area contributed by atoms with E-state index in [4.69, 9.17) is 0 Å². The Labute approximate surface area is 145 Å². The molecular weight excluding hydrogens is 321 g/mol. The summed E-state index contributed by atoms with van der Waals surface area (Å²) in [7, 11) is 0. The number of carbonyl (C=O) groups is 1. The molecule has 1 aromatic heterocycles. The van der Waals surface area contributed by atoms with Gasteiger partial charge in [0, 0.05) is 31.3 Å². The molecule has 6 heteroatoms. The molecule has 132 valence electrons. The van der Waals surface area contributed by atoms with Crippen LogP contribution in [0.3, 0.4) is 0 Å². The molecule has 2 aromatic rings. The number of hydrogen-bond acceptors (Lipinski definition) is 4. The zero-order valence-electron chi connectivity index (χ0n) is 14.1. The minimum Gasteiger partial charge on any atom is -0.323 e. The van der Waals surface area contributed by atoms with Crippen LogP contribution in [0.15, 0.2) is 41.5 Å². The number of nitrogens with one attached hydrogen (secondary N) is 1. The van der Waals surface area contributed by atoms with Crippen molar-refractivity contribution in [3.63, 3.8) is 0 Å². The maximum Gasteiger partial charge on any atom is 0.266 e. The van der Waals surface area contributed by atoms with Crippen molar-refractivity contribution in [1.29, 1.82) is 0 Å². The van der Waals surface area contributed by atoms with Crippen LogP contribution in [-0.2, 0) is 6.42 Å². The smallest absolute Gasteiger partial charge is 0.266 e. The number of ketones is 1. The molecule has 1 N–H and O–H groups in total. The van der Waals surface area contributed by atoms with E-state index in [0.717, 1.165) is 44.6 Å². The van der Waals surface area contributed by atoms with Gasteiger partial charge in [-0.05, 0) is 44.0 Å². The Morgan fingerprint density at radius 3 is 2.72 bits per heavy atom. The van der Waals surface area contributed by atoms with E-state index < -0.39 is 5.82 Å². The van der Waals surface area contributed by atoms with E-state index in [1.54, 1.807) is 24.4 Å². The molecule has 0 spiro atoms.